The predicted octanol–water partition coefficient (Wildman–Crippen LogP) is 1.95. The summed E-state index contributed by atoms with van der Waals surface area (Å²) in [5.74, 6) is -0.272. The predicted molar refractivity (Wildman–Crippen MR) is 61.8 cm³/mol. The smallest absolute Gasteiger partial charge is 0.337 e. The monoisotopic (exact) mass is 233 g/mol. The fourth-order valence-electron chi connectivity index (χ4n) is 1.63. The summed E-state index contributed by atoms with van der Waals surface area (Å²) in [6.45, 7) is 0. The topological polar surface area (TPSA) is 68.7 Å². The van der Waals surface area contributed by atoms with Gasteiger partial charge in [0.2, 0.25) is 0 Å². The van der Waals surface area contributed by atoms with E-state index >= 15 is 0 Å². The molecule has 88 valence electrons. The highest BCUT2D eigenvalue weighted by atomic mass is 16.5. The fourth-order valence-corrected chi connectivity index (χ4v) is 1.63. The highest BCUT2D eigenvalue weighted by Gasteiger charge is 2.13. The molecule has 0 unspecified atom stereocenters. The van der Waals surface area contributed by atoms with Gasteiger partial charge in [-0.05, 0) is 12.1 Å². The van der Waals surface area contributed by atoms with Crippen LogP contribution in [0.5, 0.6) is 11.6 Å². The maximum absolute atomic E-state index is 11.1. The summed E-state index contributed by atoms with van der Waals surface area (Å²) in [6.07, 6.45) is 0. The van der Waals surface area contributed by atoms with Crippen molar-refractivity contribution in [3.8, 4) is 11.6 Å². The van der Waals surface area contributed by atoms with Gasteiger partial charge in [0.15, 0.2) is 5.75 Å². The van der Waals surface area contributed by atoms with Crippen LogP contribution in [-0.2, 0) is 0 Å². The molecule has 0 saturated heterocycles. The molecule has 1 N–H and O–H groups in total. The third kappa shape index (κ3) is 1.87. The molecule has 0 amide bonds. The van der Waals surface area contributed by atoms with E-state index in [0.29, 0.717) is 16.7 Å². The lowest BCUT2D eigenvalue weighted by Crippen LogP contribution is -2.01. The van der Waals surface area contributed by atoms with Crippen LogP contribution in [0.2, 0.25) is 0 Å². The lowest BCUT2D eigenvalue weighted by atomic mass is 10.1. The Morgan fingerprint density at radius 1 is 1.29 bits per heavy atom. The number of aromatic carboxylic acids is 1. The zero-order valence-corrected chi connectivity index (χ0v) is 9.43. The van der Waals surface area contributed by atoms with E-state index in [2.05, 4.69) is 4.98 Å². The first-order chi connectivity index (χ1) is 8.17. The molecule has 2 aromatic rings. The van der Waals surface area contributed by atoms with E-state index in [1.165, 1.54) is 20.3 Å². The summed E-state index contributed by atoms with van der Waals surface area (Å²) in [6, 6.07) is 6.65. The Balaban J connectivity index is 2.78. The van der Waals surface area contributed by atoms with Gasteiger partial charge in [-0.15, -0.1) is 0 Å². The Morgan fingerprint density at radius 3 is 2.65 bits per heavy atom. The van der Waals surface area contributed by atoms with Gasteiger partial charge in [-0.3, -0.25) is 0 Å². The molecule has 2 rings (SSSR count). The molecule has 1 aromatic carbocycles. The standard InChI is InChI=1S/C12H11NO4/c1-16-9-6-7-4-3-5-8(12(14)15)10(7)13-11(9)17-2/h3-6H,1-2H3,(H,14,15). The van der Waals surface area contributed by atoms with E-state index in [0.717, 1.165) is 0 Å². The number of carboxylic acids is 1. The van der Waals surface area contributed by atoms with Crippen LogP contribution in [0.4, 0.5) is 0 Å². The zero-order chi connectivity index (χ0) is 12.4. The van der Waals surface area contributed by atoms with Crippen LogP contribution in [0, 0.1) is 0 Å². The van der Waals surface area contributed by atoms with Crippen molar-refractivity contribution in [2.75, 3.05) is 14.2 Å². The highest BCUT2D eigenvalue weighted by Crippen LogP contribution is 2.30. The van der Waals surface area contributed by atoms with Crippen LogP contribution in [-0.4, -0.2) is 30.3 Å². The maximum Gasteiger partial charge on any atom is 0.337 e. The number of rotatable bonds is 3. The van der Waals surface area contributed by atoms with Crippen LogP contribution in [0.15, 0.2) is 24.3 Å². The van der Waals surface area contributed by atoms with E-state index in [1.807, 2.05) is 0 Å². The minimum atomic E-state index is -1.02. The second kappa shape index (κ2) is 4.29. The van der Waals surface area contributed by atoms with Gasteiger partial charge < -0.3 is 14.6 Å². The van der Waals surface area contributed by atoms with E-state index < -0.39 is 5.97 Å². The van der Waals surface area contributed by atoms with Gasteiger partial charge in [0.1, 0.15) is 0 Å². The summed E-state index contributed by atoms with van der Waals surface area (Å²) >= 11 is 0. The number of ether oxygens (including phenoxy) is 2. The summed E-state index contributed by atoms with van der Waals surface area (Å²) in [5, 5.41) is 9.76. The first kappa shape index (κ1) is 11.2. The number of carbonyl (C=O) groups is 1. The molecule has 5 nitrogen and oxygen atoms in total. The van der Waals surface area contributed by atoms with Crippen LogP contribution in [0.3, 0.4) is 0 Å². The molecule has 0 aliphatic carbocycles. The third-order valence-corrected chi connectivity index (χ3v) is 2.42. The molecule has 0 fully saturated rings. The Hall–Kier alpha value is -2.30. The second-order valence-electron chi connectivity index (χ2n) is 3.38. The molecule has 1 heterocycles. The number of nitrogens with zero attached hydrogens (tertiary/aromatic N) is 1. The molecule has 0 saturated carbocycles. The maximum atomic E-state index is 11.1. The van der Waals surface area contributed by atoms with Crippen molar-refractivity contribution in [2.24, 2.45) is 0 Å². The van der Waals surface area contributed by atoms with Crippen molar-refractivity contribution in [1.29, 1.82) is 0 Å². The van der Waals surface area contributed by atoms with Crippen molar-refractivity contribution in [3.63, 3.8) is 0 Å². The summed E-state index contributed by atoms with van der Waals surface area (Å²) in [4.78, 5) is 15.2. The SMILES string of the molecule is COc1cc2cccc(C(=O)O)c2nc1OC. The number of para-hydroxylation sites is 1. The molecule has 5 heteroatoms. The fraction of sp³-hybridized carbons (Fsp3) is 0.167. The molecule has 17 heavy (non-hydrogen) atoms. The van der Waals surface area contributed by atoms with Gasteiger partial charge >= 0.3 is 5.97 Å². The van der Waals surface area contributed by atoms with E-state index in [4.69, 9.17) is 14.6 Å². The van der Waals surface area contributed by atoms with Crippen molar-refractivity contribution < 1.29 is 19.4 Å². The van der Waals surface area contributed by atoms with Crippen LogP contribution >= 0.6 is 0 Å². The number of fused-ring (bicyclic) bond motifs is 1. The van der Waals surface area contributed by atoms with E-state index in [-0.39, 0.29) is 11.4 Å². The average Bonchev–Trinajstić information content (AvgIpc) is 2.35. The molecule has 0 bridgehead atoms. The number of carboxylic acid groups (broad SMARTS) is 1. The van der Waals surface area contributed by atoms with Gasteiger partial charge in [0.25, 0.3) is 5.88 Å². The molecule has 0 aliphatic heterocycles. The number of pyridine rings is 1. The summed E-state index contributed by atoms with van der Waals surface area (Å²) in [7, 11) is 2.96. The van der Waals surface area contributed by atoms with E-state index in [9.17, 15) is 4.79 Å². The van der Waals surface area contributed by atoms with Crippen molar-refractivity contribution in [1.82, 2.24) is 4.98 Å². The molecular weight excluding hydrogens is 222 g/mol. The first-order valence-corrected chi connectivity index (χ1v) is 4.92. The molecular formula is C12H11NO4. The largest absolute Gasteiger partial charge is 0.491 e. The normalized spacial score (nSPS) is 10.2. The molecule has 0 radical (unpaired) electrons. The second-order valence-corrected chi connectivity index (χ2v) is 3.38. The molecule has 0 aliphatic rings. The van der Waals surface area contributed by atoms with Gasteiger partial charge in [-0.1, -0.05) is 12.1 Å². The Kier molecular flexibility index (Phi) is 2.82. The molecule has 0 atom stereocenters. The van der Waals surface area contributed by atoms with Crippen LogP contribution < -0.4 is 9.47 Å². The first-order valence-electron chi connectivity index (χ1n) is 4.92. The lowest BCUT2D eigenvalue weighted by molar-refractivity contribution is 0.0699. The summed E-state index contributed by atoms with van der Waals surface area (Å²) < 4.78 is 10.2. The van der Waals surface area contributed by atoms with Crippen molar-refractivity contribution in [3.05, 3.63) is 29.8 Å². The van der Waals surface area contributed by atoms with Gasteiger partial charge in [-0.2, -0.15) is 0 Å². The minimum Gasteiger partial charge on any atom is -0.491 e. The third-order valence-electron chi connectivity index (χ3n) is 2.42. The quantitative estimate of drug-likeness (QED) is 0.877. The lowest BCUT2D eigenvalue weighted by Gasteiger charge is -2.09. The summed E-state index contributed by atoms with van der Waals surface area (Å²) in [5.41, 5.74) is 0.529. The number of hydrogen-bond donors (Lipinski definition) is 1. The average molecular weight is 233 g/mol. The van der Waals surface area contributed by atoms with Crippen LogP contribution in [0.1, 0.15) is 10.4 Å². The van der Waals surface area contributed by atoms with Crippen LogP contribution in [0.25, 0.3) is 10.9 Å². The number of aromatic nitrogens is 1. The van der Waals surface area contributed by atoms with E-state index in [1.54, 1.807) is 18.2 Å². The van der Waals surface area contributed by atoms with Gasteiger partial charge in [0, 0.05) is 5.39 Å². The van der Waals surface area contributed by atoms with Crippen molar-refractivity contribution in [2.45, 2.75) is 0 Å². The molecule has 0 spiro atoms. The highest BCUT2D eigenvalue weighted by molar-refractivity contribution is 6.02. The number of benzene rings is 1. The number of methoxy groups -OCH3 is 2. The number of hydrogen-bond acceptors (Lipinski definition) is 4. The van der Waals surface area contributed by atoms with Gasteiger partial charge in [-0.25, -0.2) is 9.78 Å². The Labute approximate surface area is 97.6 Å². The molecule has 1 aromatic heterocycles. The Bertz CT molecular complexity index is 580. The van der Waals surface area contributed by atoms with Gasteiger partial charge in [0.05, 0.1) is 25.3 Å². The minimum absolute atomic E-state index is 0.142. The van der Waals surface area contributed by atoms with Crippen molar-refractivity contribution >= 4 is 16.9 Å². The zero-order valence-electron chi connectivity index (χ0n) is 9.43. The Morgan fingerprint density at radius 2 is 2.06 bits per heavy atom.